The maximum absolute atomic E-state index is 13.3. The van der Waals surface area contributed by atoms with E-state index in [0.717, 1.165) is 6.42 Å². The highest BCUT2D eigenvalue weighted by Gasteiger charge is 2.41. The number of hydrogen-bond acceptors (Lipinski definition) is 6. The number of benzene rings is 1. The van der Waals surface area contributed by atoms with Crippen molar-refractivity contribution in [2.45, 2.75) is 71.1 Å². The molecule has 4 amide bonds. The Morgan fingerprint density at radius 3 is 2.69 bits per heavy atom. The quantitative estimate of drug-likeness (QED) is 0.532. The summed E-state index contributed by atoms with van der Waals surface area (Å²) in [6.07, 6.45) is 1.28. The molecule has 36 heavy (non-hydrogen) atoms. The van der Waals surface area contributed by atoms with Gasteiger partial charge in [-0.05, 0) is 58.2 Å². The lowest BCUT2D eigenvalue weighted by molar-refractivity contribution is -0.132. The second-order valence-corrected chi connectivity index (χ2v) is 10.2. The first-order valence-corrected chi connectivity index (χ1v) is 12.7. The van der Waals surface area contributed by atoms with E-state index in [4.69, 9.17) is 21.1 Å². The number of nitrogens with zero attached hydrogens (tertiary/aromatic N) is 2. The molecule has 0 aromatic heterocycles. The fourth-order valence-electron chi connectivity index (χ4n) is 4.35. The van der Waals surface area contributed by atoms with Gasteiger partial charge in [-0.3, -0.25) is 14.4 Å². The number of anilines is 1. The van der Waals surface area contributed by atoms with E-state index in [-0.39, 0.29) is 36.9 Å². The van der Waals surface area contributed by atoms with Crippen LogP contribution in [0.2, 0.25) is 0 Å². The van der Waals surface area contributed by atoms with E-state index >= 15 is 0 Å². The van der Waals surface area contributed by atoms with Gasteiger partial charge in [-0.15, -0.1) is 0 Å². The Morgan fingerprint density at radius 1 is 1.31 bits per heavy atom. The zero-order valence-electron chi connectivity index (χ0n) is 21.5. The molecule has 1 fully saturated rings. The number of amides is 4. The second kappa shape index (κ2) is 11.4. The summed E-state index contributed by atoms with van der Waals surface area (Å²) in [5, 5.41) is 5.79. The molecule has 0 aliphatic carbocycles. The molecule has 1 aromatic carbocycles. The maximum atomic E-state index is 13.3. The number of rotatable bonds is 7. The van der Waals surface area contributed by atoms with Gasteiger partial charge in [0, 0.05) is 44.2 Å². The van der Waals surface area contributed by atoms with Crippen LogP contribution in [0.3, 0.4) is 0 Å². The van der Waals surface area contributed by atoms with E-state index in [2.05, 4.69) is 10.6 Å². The summed E-state index contributed by atoms with van der Waals surface area (Å²) in [5.74, 6) is -0.175. The van der Waals surface area contributed by atoms with E-state index in [1.54, 1.807) is 51.7 Å². The molecule has 2 N–H and O–H groups in total. The first-order chi connectivity index (χ1) is 16.9. The molecule has 198 valence electrons. The molecule has 2 aliphatic rings. The topological polar surface area (TPSA) is 117 Å². The van der Waals surface area contributed by atoms with Gasteiger partial charge < -0.3 is 29.9 Å². The molecule has 1 unspecified atom stereocenters. The number of halogens is 1. The maximum Gasteiger partial charge on any atom is 0.411 e. The van der Waals surface area contributed by atoms with Crippen molar-refractivity contribution in [1.82, 2.24) is 15.5 Å². The number of likely N-dealkylation sites (tertiary alicyclic amines) is 1. The smallest absolute Gasteiger partial charge is 0.411 e. The Balaban J connectivity index is 1.79. The van der Waals surface area contributed by atoms with Gasteiger partial charge in [0.05, 0.1) is 5.69 Å². The Bertz CT molecular complexity index is 1030. The van der Waals surface area contributed by atoms with Gasteiger partial charge >= 0.3 is 6.09 Å². The Hall–Kier alpha value is -3.01. The van der Waals surface area contributed by atoms with Crippen molar-refractivity contribution in [3.8, 4) is 5.75 Å². The zero-order valence-corrected chi connectivity index (χ0v) is 22.2. The fraction of sp³-hybridized carbons (Fsp3) is 0.600. The van der Waals surface area contributed by atoms with Gasteiger partial charge in [0.2, 0.25) is 5.91 Å². The zero-order chi connectivity index (χ0) is 26.6. The molecule has 2 aliphatic heterocycles. The number of piperidine rings is 1. The summed E-state index contributed by atoms with van der Waals surface area (Å²) in [7, 11) is 0. The predicted octanol–water partition coefficient (Wildman–Crippen LogP) is 2.94. The fourth-order valence-corrected chi connectivity index (χ4v) is 4.43. The summed E-state index contributed by atoms with van der Waals surface area (Å²) >= 11 is 5.76. The molecule has 0 spiro atoms. The summed E-state index contributed by atoms with van der Waals surface area (Å²) in [4.78, 5) is 53.4. The molecule has 3 rings (SSSR count). The van der Waals surface area contributed by atoms with E-state index in [1.807, 2.05) is 0 Å². The predicted molar refractivity (Wildman–Crippen MR) is 135 cm³/mol. The van der Waals surface area contributed by atoms with Crippen LogP contribution >= 0.6 is 11.6 Å². The molecule has 1 saturated heterocycles. The Labute approximate surface area is 216 Å². The molecule has 2 heterocycles. The largest absolute Gasteiger partial charge is 0.476 e. The molecule has 0 bridgehead atoms. The average molecular weight is 523 g/mol. The van der Waals surface area contributed by atoms with Crippen molar-refractivity contribution in [2.75, 3.05) is 31.1 Å². The van der Waals surface area contributed by atoms with Crippen LogP contribution in [-0.4, -0.2) is 72.1 Å². The molecule has 10 nitrogen and oxygen atoms in total. The van der Waals surface area contributed by atoms with Crippen molar-refractivity contribution in [1.29, 1.82) is 0 Å². The normalized spacial score (nSPS) is 19.6. The highest BCUT2D eigenvalue weighted by Crippen LogP contribution is 2.39. The van der Waals surface area contributed by atoms with Crippen molar-refractivity contribution in [3.63, 3.8) is 0 Å². The highest BCUT2D eigenvalue weighted by atomic mass is 35.5. The third kappa shape index (κ3) is 6.40. The van der Waals surface area contributed by atoms with Gasteiger partial charge in [-0.2, -0.15) is 0 Å². The van der Waals surface area contributed by atoms with Crippen molar-refractivity contribution >= 4 is 41.1 Å². The summed E-state index contributed by atoms with van der Waals surface area (Å²) in [6, 6.07) is 3.15. The summed E-state index contributed by atoms with van der Waals surface area (Å²) in [5.41, 5.74) is -0.247. The SMILES string of the molecule is CCC(=O)NCCN1C(=O)C(C)(C)Oc2cc(C)c(C(=O)N[C@@H]3CCCN(C(=O)OC(C)Cl)C3)cc21. The third-order valence-corrected chi connectivity index (χ3v) is 6.31. The van der Waals surface area contributed by atoms with Crippen LogP contribution in [0, 0.1) is 6.92 Å². The number of nitrogens with one attached hydrogen (secondary N) is 2. The monoisotopic (exact) mass is 522 g/mol. The Kier molecular flexibility index (Phi) is 8.71. The minimum Gasteiger partial charge on any atom is -0.476 e. The van der Waals surface area contributed by atoms with E-state index in [1.165, 1.54) is 4.90 Å². The van der Waals surface area contributed by atoms with Crippen molar-refractivity contribution in [2.24, 2.45) is 0 Å². The van der Waals surface area contributed by atoms with Crippen LogP contribution in [0.4, 0.5) is 10.5 Å². The van der Waals surface area contributed by atoms with Gasteiger partial charge in [0.1, 0.15) is 5.75 Å². The minimum atomic E-state index is -1.08. The van der Waals surface area contributed by atoms with Crippen molar-refractivity contribution < 1.29 is 28.7 Å². The number of carbonyl (C=O) groups excluding carboxylic acids is 4. The van der Waals surface area contributed by atoms with Gasteiger partial charge in [-0.25, -0.2) is 4.79 Å². The number of hydrogen-bond donors (Lipinski definition) is 2. The molecular weight excluding hydrogens is 488 g/mol. The number of alkyl halides is 1. The molecule has 11 heteroatoms. The molecule has 2 atom stereocenters. The Morgan fingerprint density at radius 2 is 2.03 bits per heavy atom. The number of aryl methyl sites for hydroxylation is 1. The first-order valence-electron chi connectivity index (χ1n) is 12.3. The van der Waals surface area contributed by atoms with E-state index in [9.17, 15) is 19.2 Å². The van der Waals surface area contributed by atoms with Gasteiger partial charge in [0.15, 0.2) is 11.2 Å². The summed E-state index contributed by atoms with van der Waals surface area (Å²) in [6.45, 7) is 9.88. The average Bonchev–Trinajstić information content (AvgIpc) is 2.80. The van der Waals surface area contributed by atoms with Crippen LogP contribution in [-0.2, 0) is 14.3 Å². The second-order valence-electron chi connectivity index (χ2n) is 9.59. The highest BCUT2D eigenvalue weighted by molar-refractivity contribution is 6.19. The lowest BCUT2D eigenvalue weighted by atomic mass is 9.99. The molecule has 1 aromatic rings. The van der Waals surface area contributed by atoms with Crippen LogP contribution < -0.4 is 20.3 Å². The summed E-state index contributed by atoms with van der Waals surface area (Å²) < 4.78 is 11.0. The third-order valence-electron chi connectivity index (χ3n) is 6.22. The number of ether oxygens (including phenoxy) is 2. The van der Waals surface area contributed by atoms with Gasteiger partial charge in [-0.1, -0.05) is 18.5 Å². The minimum absolute atomic E-state index is 0.106. The lowest BCUT2D eigenvalue weighted by Gasteiger charge is -2.39. The van der Waals surface area contributed by atoms with Gasteiger partial charge in [0.25, 0.3) is 11.8 Å². The molecule has 0 saturated carbocycles. The van der Waals surface area contributed by atoms with E-state index in [0.29, 0.717) is 48.5 Å². The number of fused-ring (bicyclic) bond motifs is 1. The van der Waals surface area contributed by atoms with Crippen LogP contribution in [0.1, 0.15) is 62.9 Å². The standard InChI is InChI=1S/C25H35ClN4O6/c1-6-21(31)27-9-11-30-19-13-18(15(2)12-20(19)36-25(4,5)23(30)33)22(32)28-17-8-7-10-29(14-17)24(34)35-16(3)26/h12-13,16-17H,6-11,14H2,1-5H3,(H,27,31)(H,28,32)/t16?,17-/m1/s1. The molecule has 0 radical (unpaired) electrons. The molecular formula is C25H35ClN4O6. The number of carbonyl (C=O) groups is 4. The van der Waals surface area contributed by atoms with Crippen LogP contribution in [0.5, 0.6) is 5.75 Å². The van der Waals surface area contributed by atoms with Crippen LogP contribution in [0.25, 0.3) is 0 Å². The van der Waals surface area contributed by atoms with E-state index < -0.39 is 17.3 Å². The lowest BCUT2D eigenvalue weighted by Crippen LogP contribution is -2.54. The first kappa shape index (κ1) is 27.6. The van der Waals surface area contributed by atoms with Crippen LogP contribution in [0.15, 0.2) is 12.1 Å². The van der Waals surface area contributed by atoms with Crippen molar-refractivity contribution in [3.05, 3.63) is 23.3 Å².